The normalized spacial score (nSPS) is 12.9. The Labute approximate surface area is 60.9 Å². The van der Waals surface area contributed by atoms with Crippen molar-refractivity contribution in [1.82, 2.24) is 0 Å². The monoisotopic (exact) mass is 137 g/mol. The number of allylic oxidation sites excluding steroid dienone is 4. The zero-order valence-corrected chi connectivity index (χ0v) is 6.04. The van der Waals surface area contributed by atoms with Crippen molar-refractivity contribution < 1.29 is 5.11 Å². The van der Waals surface area contributed by atoms with E-state index in [2.05, 4.69) is 18.3 Å². The zero-order valence-electron chi connectivity index (χ0n) is 6.04. The Morgan fingerprint density at radius 3 is 2.40 bits per heavy atom. The minimum absolute atomic E-state index is 0.239. The van der Waals surface area contributed by atoms with Gasteiger partial charge in [-0.3, -0.25) is 4.99 Å². The second-order valence-electron chi connectivity index (χ2n) is 1.76. The van der Waals surface area contributed by atoms with Gasteiger partial charge in [0.1, 0.15) is 0 Å². The number of rotatable bonds is 3. The molecule has 0 unspecified atom stereocenters. The lowest BCUT2D eigenvalue weighted by molar-refractivity contribution is 0.414. The summed E-state index contributed by atoms with van der Waals surface area (Å²) in [5.74, 6) is 0.239. The summed E-state index contributed by atoms with van der Waals surface area (Å²) < 4.78 is 0. The summed E-state index contributed by atoms with van der Waals surface area (Å²) in [6, 6.07) is 0. The SMILES string of the molecule is C=C/C(=C\C=C(/C)O)N=C. The Bertz CT molecular complexity index is 175. The Kier molecular flexibility index (Phi) is 3.96. The van der Waals surface area contributed by atoms with E-state index in [1.807, 2.05) is 0 Å². The van der Waals surface area contributed by atoms with Crippen LogP contribution >= 0.6 is 0 Å². The first-order chi connectivity index (χ1) is 4.70. The van der Waals surface area contributed by atoms with Crippen LogP contribution < -0.4 is 0 Å². The van der Waals surface area contributed by atoms with Crippen LogP contribution in [0.1, 0.15) is 6.92 Å². The fourth-order valence-electron chi connectivity index (χ4n) is 0.391. The van der Waals surface area contributed by atoms with Gasteiger partial charge in [0.05, 0.1) is 11.5 Å². The van der Waals surface area contributed by atoms with Crippen molar-refractivity contribution in [2.45, 2.75) is 6.92 Å². The Morgan fingerprint density at radius 2 is 2.10 bits per heavy atom. The van der Waals surface area contributed by atoms with E-state index < -0.39 is 0 Å². The van der Waals surface area contributed by atoms with Crippen molar-refractivity contribution in [3.05, 3.63) is 36.3 Å². The molecule has 0 heterocycles. The molecule has 0 radical (unpaired) electrons. The topological polar surface area (TPSA) is 32.6 Å². The Balaban J connectivity index is 4.26. The molecule has 0 aliphatic heterocycles. The molecule has 0 saturated carbocycles. The largest absolute Gasteiger partial charge is 0.513 e. The molecule has 0 spiro atoms. The van der Waals surface area contributed by atoms with Gasteiger partial charge in [-0.05, 0) is 31.9 Å². The van der Waals surface area contributed by atoms with Crippen LogP contribution in [0.15, 0.2) is 41.3 Å². The third-order valence-electron chi connectivity index (χ3n) is 0.887. The predicted molar refractivity (Wildman–Crippen MR) is 44.2 cm³/mol. The number of aliphatic hydroxyl groups is 1. The first-order valence-corrected chi connectivity index (χ1v) is 2.87. The van der Waals surface area contributed by atoms with Gasteiger partial charge in [0.2, 0.25) is 0 Å². The lowest BCUT2D eigenvalue weighted by Crippen LogP contribution is -1.70. The van der Waals surface area contributed by atoms with Crippen molar-refractivity contribution in [3.63, 3.8) is 0 Å². The molecule has 2 heteroatoms. The van der Waals surface area contributed by atoms with Gasteiger partial charge in [-0.2, -0.15) is 0 Å². The Hall–Kier alpha value is -1.31. The summed E-state index contributed by atoms with van der Waals surface area (Å²) in [5, 5.41) is 8.71. The van der Waals surface area contributed by atoms with E-state index in [9.17, 15) is 0 Å². The van der Waals surface area contributed by atoms with Gasteiger partial charge >= 0.3 is 0 Å². The van der Waals surface area contributed by atoms with Crippen LogP contribution in [0, 0.1) is 0 Å². The van der Waals surface area contributed by atoms with Crippen LogP contribution in [0.2, 0.25) is 0 Å². The predicted octanol–water partition coefficient (Wildman–Crippen LogP) is 2.22. The molecule has 10 heavy (non-hydrogen) atoms. The molecule has 0 fully saturated rings. The zero-order chi connectivity index (χ0) is 7.98. The second-order valence-corrected chi connectivity index (χ2v) is 1.76. The number of aliphatic imine (C=N–C) groups is 1. The fraction of sp³-hybridized carbons (Fsp3) is 0.125. The van der Waals surface area contributed by atoms with Gasteiger partial charge in [0, 0.05) is 0 Å². The summed E-state index contributed by atoms with van der Waals surface area (Å²) in [5.41, 5.74) is 0.647. The van der Waals surface area contributed by atoms with Crippen LogP contribution in [-0.2, 0) is 0 Å². The lowest BCUT2D eigenvalue weighted by atomic mass is 10.3. The summed E-state index contributed by atoms with van der Waals surface area (Å²) >= 11 is 0. The van der Waals surface area contributed by atoms with Crippen LogP contribution in [0.25, 0.3) is 0 Å². The van der Waals surface area contributed by atoms with Gasteiger partial charge in [-0.25, -0.2) is 0 Å². The molecule has 2 nitrogen and oxygen atoms in total. The highest BCUT2D eigenvalue weighted by Crippen LogP contribution is 1.97. The molecule has 0 aromatic heterocycles. The van der Waals surface area contributed by atoms with Gasteiger partial charge in [0.25, 0.3) is 0 Å². The smallest absolute Gasteiger partial charge is 0.0892 e. The second kappa shape index (κ2) is 4.56. The average Bonchev–Trinajstić information content (AvgIpc) is 1.90. The molecular weight excluding hydrogens is 126 g/mol. The minimum atomic E-state index is 0.239. The van der Waals surface area contributed by atoms with Crippen molar-refractivity contribution in [2.24, 2.45) is 4.99 Å². The van der Waals surface area contributed by atoms with Crippen molar-refractivity contribution in [1.29, 1.82) is 0 Å². The van der Waals surface area contributed by atoms with E-state index in [-0.39, 0.29) is 5.76 Å². The molecular formula is C8H11NO. The van der Waals surface area contributed by atoms with Crippen molar-refractivity contribution >= 4 is 6.72 Å². The molecule has 54 valence electrons. The van der Waals surface area contributed by atoms with Crippen LogP contribution in [0.4, 0.5) is 0 Å². The third kappa shape index (κ3) is 3.66. The maximum Gasteiger partial charge on any atom is 0.0892 e. The fourth-order valence-corrected chi connectivity index (χ4v) is 0.391. The number of nitrogens with zero attached hydrogens (tertiary/aromatic N) is 1. The highest BCUT2D eigenvalue weighted by atomic mass is 16.3. The average molecular weight is 137 g/mol. The van der Waals surface area contributed by atoms with Gasteiger partial charge in [-0.15, -0.1) is 0 Å². The van der Waals surface area contributed by atoms with Crippen molar-refractivity contribution in [3.8, 4) is 0 Å². The highest BCUT2D eigenvalue weighted by Gasteiger charge is 1.80. The maximum absolute atomic E-state index is 8.71. The van der Waals surface area contributed by atoms with Crippen LogP contribution in [0.5, 0.6) is 0 Å². The molecule has 0 amide bonds. The number of aliphatic hydroxyl groups excluding tert-OH is 1. The first-order valence-electron chi connectivity index (χ1n) is 2.87. The van der Waals surface area contributed by atoms with Gasteiger partial charge < -0.3 is 5.11 Å². The van der Waals surface area contributed by atoms with E-state index in [4.69, 9.17) is 5.11 Å². The van der Waals surface area contributed by atoms with E-state index in [0.29, 0.717) is 5.70 Å². The van der Waals surface area contributed by atoms with E-state index in [1.165, 1.54) is 6.08 Å². The standard InChI is InChI=1S/C8H11NO/c1-4-8(9-3)6-5-7(2)10/h4-6,10H,1,3H2,2H3/b7-5+,8-6+. The minimum Gasteiger partial charge on any atom is -0.513 e. The maximum atomic E-state index is 8.71. The Morgan fingerprint density at radius 1 is 1.50 bits per heavy atom. The van der Waals surface area contributed by atoms with Gasteiger partial charge in [0.15, 0.2) is 0 Å². The molecule has 1 N–H and O–H groups in total. The molecule has 0 atom stereocenters. The lowest BCUT2D eigenvalue weighted by Gasteiger charge is -1.87. The van der Waals surface area contributed by atoms with Gasteiger partial charge in [-0.1, -0.05) is 6.58 Å². The summed E-state index contributed by atoms with van der Waals surface area (Å²) in [7, 11) is 0. The first kappa shape index (κ1) is 8.69. The summed E-state index contributed by atoms with van der Waals surface area (Å²) in [6.07, 6.45) is 4.73. The van der Waals surface area contributed by atoms with E-state index in [0.717, 1.165) is 0 Å². The molecule has 0 aromatic rings. The molecule has 0 saturated heterocycles. The molecule has 0 aliphatic carbocycles. The molecule has 0 rings (SSSR count). The summed E-state index contributed by atoms with van der Waals surface area (Å²) in [6.45, 7) is 8.39. The number of hydrogen-bond donors (Lipinski definition) is 1. The van der Waals surface area contributed by atoms with E-state index in [1.54, 1.807) is 19.1 Å². The van der Waals surface area contributed by atoms with E-state index >= 15 is 0 Å². The number of hydrogen-bond acceptors (Lipinski definition) is 2. The molecule has 0 aromatic carbocycles. The van der Waals surface area contributed by atoms with Crippen LogP contribution in [0.3, 0.4) is 0 Å². The highest BCUT2D eigenvalue weighted by molar-refractivity contribution is 5.34. The van der Waals surface area contributed by atoms with Crippen LogP contribution in [-0.4, -0.2) is 11.8 Å². The molecule has 0 aliphatic rings. The van der Waals surface area contributed by atoms with Crippen molar-refractivity contribution in [2.75, 3.05) is 0 Å². The summed E-state index contributed by atoms with van der Waals surface area (Å²) in [4.78, 5) is 3.62. The third-order valence-corrected chi connectivity index (χ3v) is 0.887. The molecule has 0 bridgehead atoms. The quantitative estimate of drug-likeness (QED) is 0.361.